The van der Waals surface area contributed by atoms with E-state index in [4.69, 9.17) is 0 Å². The molecular formula is C21H22N4O4. The number of hydrogen-bond acceptors (Lipinski definition) is 4. The maximum absolute atomic E-state index is 12.6. The summed E-state index contributed by atoms with van der Waals surface area (Å²) in [6.45, 7) is 0.943. The third-order valence-corrected chi connectivity index (χ3v) is 5.73. The van der Waals surface area contributed by atoms with E-state index >= 15 is 0 Å². The molecule has 4 rings (SSSR count). The number of pyridine rings is 1. The molecule has 3 heterocycles. The number of rotatable bonds is 5. The monoisotopic (exact) mass is 394 g/mol. The molecule has 0 radical (unpaired) electrons. The van der Waals surface area contributed by atoms with Gasteiger partial charge in [0, 0.05) is 25.7 Å². The number of aliphatic carboxylic acids is 1. The van der Waals surface area contributed by atoms with Crippen molar-refractivity contribution in [3.63, 3.8) is 0 Å². The minimum absolute atomic E-state index is 0.0963. The first-order chi connectivity index (χ1) is 14.0. The van der Waals surface area contributed by atoms with Gasteiger partial charge in [-0.15, -0.1) is 5.10 Å². The van der Waals surface area contributed by atoms with Crippen LogP contribution >= 0.6 is 0 Å². The molecule has 3 aromatic rings. The maximum atomic E-state index is 12.6. The van der Waals surface area contributed by atoms with Crippen molar-refractivity contribution >= 4 is 17.5 Å². The van der Waals surface area contributed by atoms with E-state index in [1.165, 1.54) is 9.08 Å². The lowest BCUT2D eigenvalue weighted by Gasteiger charge is -2.39. The highest BCUT2D eigenvalue weighted by atomic mass is 16.4. The lowest BCUT2D eigenvalue weighted by molar-refractivity contribution is -0.148. The number of carboxylic acids is 1. The van der Waals surface area contributed by atoms with Gasteiger partial charge in [0.15, 0.2) is 5.65 Å². The number of fused-ring (bicyclic) bond motifs is 1. The second-order valence-electron chi connectivity index (χ2n) is 7.32. The van der Waals surface area contributed by atoms with E-state index in [1.54, 1.807) is 29.3 Å². The highest BCUT2D eigenvalue weighted by Gasteiger charge is 2.43. The number of carbonyl (C=O) groups is 2. The molecule has 2 aromatic heterocycles. The first kappa shape index (κ1) is 18.9. The topological polar surface area (TPSA) is 96.9 Å². The number of piperidine rings is 1. The number of hydrogen-bond donors (Lipinski definition) is 1. The van der Waals surface area contributed by atoms with Crippen molar-refractivity contribution in [2.45, 2.75) is 31.2 Å². The average molecular weight is 394 g/mol. The normalized spacial score (nSPS) is 16.1. The summed E-state index contributed by atoms with van der Waals surface area (Å²) >= 11 is 0. The molecule has 0 bridgehead atoms. The molecule has 8 nitrogen and oxygen atoms in total. The first-order valence-electron chi connectivity index (χ1n) is 9.62. The Labute approximate surface area is 167 Å². The Morgan fingerprint density at radius 2 is 1.72 bits per heavy atom. The van der Waals surface area contributed by atoms with Crippen LogP contribution < -0.4 is 5.69 Å². The summed E-state index contributed by atoms with van der Waals surface area (Å²) in [5.41, 5.74) is 0.0743. The first-order valence-corrected chi connectivity index (χ1v) is 9.62. The maximum Gasteiger partial charge on any atom is 0.350 e. The Balaban J connectivity index is 1.41. The predicted molar refractivity (Wildman–Crippen MR) is 106 cm³/mol. The molecule has 0 atom stereocenters. The van der Waals surface area contributed by atoms with Crippen LogP contribution in [0.3, 0.4) is 0 Å². The fourth-order valence-corrected chi connectivity index (χ4v) is 3.99. The molecule has 0 spiro atoms. The molecule has 0 unspecified atom stereocenters. The van der Waals surface area contributed by atoms with E-state index in [2.05, 4.69) is 5.10 Å². The van der Waals surface area contributed by atoms with Crippen LogP contribution in [-0.2, 0) is 21.5 Å². The fraction of sp³-hybridized carbons (Fsp3) is 0.333. The Bertz CT molecular complexity index is 1090. The summed E-state index contributed by atoms with van der Waals surface area (Å²) < 4.78 is 2.73. The van der Waals surface area contributed by atoms with Gasteiger partial charge in [-0.25, -0.2) is 9.48 Å². The zero-order valence-electron chi connectivity index (χ0n) is 15.9. The zero-order chi connectivity index (χ0) is 20.4. The molecule has 1 aliphatic rings. The molecule has 1 aromatic carbocycles. The summed E-state index contributed by atoms with van der Waals surface area (Å²) in [6.07, 6.45) is 2.52. The lowest BCUT2D eigenvalue weighted by Crippen LogP contribution is -2.49. The minimum Gasteiger partial charge on any atom is -0.481 e. The molecule has 0 saturated carbocycles. The predicted octanol–water partition coefficient (Wildman–Crippen LogP) is 1.53. The Morgan fingerprint density at radius 1 is 1.03 bits per heavy atom. The Morgan fingerprint density at radius 3 is 2.38 bits per heavy atom. The molecule has 1 fully saturated rings. The molecule has 1 aliphatic heterocycles. The van der Waals surface area contributed by atoms with Crippen molar-refractivity contribution < 1.29 is 14.7 Å². The molecule has 29 heavy (non-hydrogen) atoms. The van der Waals surface area contributed by atoms with E-state index in [9.17, 15) is 19.5 Å². The van der Waals surface area contributed by atoms with Crippen molar-refractivity contribution in [3.05, 3.63) is 70.8 Å². The Hall–Kier alpha value is -3.42. The van der Waals surface area contributed by atoms with Crippen LogP contribution in [0, 0.1) is 0 Å². The van der Waals surface area contributed by atoms with Crippen molar-refractivity contribution in [2.24, 2.45) is 0 Å². The smallest absolute Gasteiger partial charge is 0.350 e. The van der Waals surface area contributed by atoms with Gasteiger partial charge in [0.2, 0.25) is 5.91 Å². The highest BCUT2D eigenvalue weighted by Crippen LogP contribution is 2.36. The second-order valence-corrected chi connectivity index (χ2v) is 7.32. The minimum atomic E-state index is -0.962. The van der Waals surface area contributed by atoms with Gasteiger partial charge < -0.3 is 10.0 Å². The molecule has 0 aliphatic carbocycles. The van der Waals surface area contributed by atoms with E-state index in [0.29, 0.717) is 31.6 Å². The van der Waals surface area contributed by atoms with E-state index < -0.39 is 11.4 Å². The van der Waals surface area contributed by atoms with Gasteiger partial charge in [0.1, 0.15) is 0 Å². The van der Waals surface area contributed by atoms with Crippen LogP contribution in [0.5, 0.6) is 0 Å². The van der Waals surface area contributed by atoms with E-state index in [-0.39, 0.29) is 24.6 Å². The lowest BCUT2D eigenvalue weighted by atomic mass is 9.73. The van der Waals surface area contributed by atoms with E-state index in [1.807, 2.05) is 30.3 Å². The van der Waals surface area contributed by atoms with Crippen LogP contribution in [0.15, 0.2) is 59.5 Å². The third kappa shape index (κ3) is 3.41. The van der Waals surface area contributed by atoms with Gasteiger partial charge in [0.25, 0.3) is 0 Å². The number of nitrogens with zero attached hydrogens (tertiary/aromatic N) is 4. The fourth-order valence-electron chi connectivity index (χ4n) is 3.99. The van der Waals surface area contributed by atoms with Gasteiger partial charge in [-0.1, -0.05) is 36.4 Å². The zero-order valence-corrected chi connectivity index (χ0v) is 15.9. The highest BCUT2D eigenvalue weighted by molar-refractivity contribution is 5.82. The number of aromatic nitrogens is 3. The summed E-state index contributed by atoms with van der Waals surface area (Å²) in [7, 11) is 0. The number of carbonyl (C=O) groups excluding carboxylic acids is 1. The number of benzene rings is 1. The molecular weight excluding hydrogens is 372 g/mol. The van der Waals surface area contributed by atoms with Crippen molar-refractivity contribution in [1.82, 2.24) is 19.1 Å². The summed E-state index contributed by atoms with van der Waals surface area (Å²) in [5.74, 6) is -0.951. The summed E-state index contributed by atoms with van der Waals surface area (Å²) in [4.78, 5) is 38.7. The van der Waals surface area contributed by atoms with Crippen molar-refractivity contribution in [2.75, 3.05) is 13.1 Å². The van der Waals surface area contributed by atoms with Gasteiger partial charge in [-0.2, -0.15) is 0 Å². The quantitative estimate of drug-likeness (QED) is 0.708. The second kappa shape index (κ2) is 7.54. The molecule has 1 amide bonds. The van der Waals surface area contributed by atoms with Crippen LogP contribution in [0.1, 0.15) is 24.8 Å². The largest absolute Gasteiger partial charge is 0.481 e. The van der Waals surface area contributed by atoms with Gasteiger partial charge in [0.05, 0.1) is 12.0 Å². The van der Waals surface area contributed by atoms with Crippen LogP contribution in [0.25, 0.3) is 5.65 Å². The van der Waals surface area contributed by atoms with Gasteiger partial charge in [-0.05, 0) is 30.5 Å². The molecule has 150 valence electrons. The summed E-state index contributed by atoms with van der Waals surface area (Å²) in [6, 6.07) is 14.5. The van der Waals surface area contributed by atoms with Crippen LogP contribution in [0.4, 0.5) is 0 Å². The van der Waals surface area contributed by atoms with Crippen molar-refractivity contribution in [1.29, 1.82) is 0 Å². The SMILES string of the molecule is O=C(CCn1nc2ccccn2c1=O)N1CCC(C(=O)O)(c2ccccc2)CC1. The standard InChI is InChI=1S/C21H22N4O4/c26-18(9-13-25-20(29)24-12-5-4-8-17(24)22-25)23-14-10-21(11-15-23,19(27)28)16-6-2-1-3-7-16/h1-8,12H,9-11,13-15H2,(H,27,28). The van der Waals surface area contributed by atoms with Gasteiger partial charge in [-0.3, -0.25) is 14.0 Å². The third-order valence-electron chi connectivity index (χ3n) is 5.73. The molecule has 8 heteroatoms. The van der Waals surface area contributed by atoms with Gasteiger partial charge >= 0.3 is 11.7 Å². The number of amides is 1. The molecule has 1 N–H and O–H groups in total. The summed E-state index contributed by atoms with van der Waals surface area (Å²) in [5, 5.41) is 14.1. The number of likely N-dealkylation sites (tertiary alicyclic amines) is 1. The van der Waals surface area contributed by atoms with Crippen molar-refractivity contribution in [3.8, 4) is 0 Å². The Kier molecular flexibility index (Phi) is 4.92. The number of carboxylic acid groups (broad SMARTS) is 1. The number of aryl methyl sites for hydroxylation is 1. The average Bonchev–Trinajstić information content (AvgIpc) is 3.08. The van der Waals surface area contributed by atoms with Crippen LogP contribution in [0.2, 0.25) is 0 Å². The van der Waals surface area contributed by atoms with Crippen LogP contribution in [-0.4, -0.2) is 49.2 Å². The molecule has 1 saturated heterocycles. The van der Waals surface area contributed by atoms with E-state index in [0.717, 1.165) is 5.56 Å².